The van der Waals surface area contributed by atoms with Crippen LogP contribution in [0.1, 0.15) is 32.8 Å². The van der Waals surface area contributed by atoms with Crippen LogP contribution in [-0.2, 0) is 11.3 Å². The standard InChI is InChI=1S/C13H20ClN3O/c1-9(2)6-13(3,12(15)18)17-8-10-4-5-11(14)16-7-10/h4-5,7,9,17H,6,8H2,1-3H3,(H2,15,18). The Kier molecular flexibility index (Phi) is 5.11. The lowest BCUT2D eigenvalue weighted by atomic mass is 9.90. The molecule has 0 fully saturated rings. The highest BCUT2D eigenvalue weighted by molar-refractivity contribution is 6.29. The molecule has 0 saturated carbocycles. The Bertz CT molecular complexity index is 405. The molecule has 0 radical (unpaired) electrons. The molecule has 1 aromatic heterocycles. The van der Waals surface area contributed by atoms with Crippen molar-refractivity contribution in [2.24, 2.45) is 11.7 Å². The Hall–Kier alpha value is -1.13. The Balaban J connectivity index is 2.68. The number of hydrogen-bond acceptors (Lipinski definition) is 3. The van der Waals surface area contributed by atoms with Crippen molar-refractivity contribution in [1.82, 2.24) is 10.3 Å². The molecular formula is C13H20ClN3O. The van der Waals surface area contributed by atoms with Gasteiger partial charge in [-0.3, -0.25) is 10.1 Å². The first kappa shape index (κ1) is 14.9. The van der Waals surface area contributed by atoms with Gasteiger partial charge in [-0.05, 0) is 30.9 Å². The second kappa shape index (κ2) is 6.16. The van der Waals surface area contributed by atoms with Gasteiger partial charge in [-0.25, -0.2) is 4.98 Å². The van der Waals surface area contributed by atoms with Crippen molar-refractivity contribution in [1.29, 1.82) is 0 Å². The summed E-state index contributed by atoms with van der Waals surface area (Å²) in [5.74, 6) is 0.0523. The van der Waals surface area contributed by atoms with Crippen LogP contribution < -0.4 is 11.1 Å². The van der Waals surface area contributed by atoms with E-state index in [0.717, 1.165) is 5.56 Å². The molecule has 4 nitrogen and oxygen atoms in total. The van der Waals surface area contributed by atoms with Gasteiger partial charge in [-0.1, -0.05) is 31.5 Å². The van der Waals surface area contributed by atoms with Gasteiger partial charge in [0.25, 0.3) is 0 Å². The van der Waals surface area contributed by atoms with E-state index in [1.807, 2.05) is 13.0 Å². The average molecular weight is 270 g/mol. The molecule has 5 heteroatoms. The normalized spacial score (nSPS) is 14.5. The van der Waals surface area contributed by atoms with Crippen LogP contribution in [0, 0.1) is 5.92 Å². The van der Waals surface area contributed by atoms with Gasteiger partial charge in [-0.15, -0.1) is 0 Å². The number of rotatable bonds is 6. The van der Waals surface area contributed by atoms with Crippen molar-refractivity contribution in [3.8, 4) is 0 Å². The fraction of sp³-hybridized carbons (Fsp3) is 0.538. The lowest BCUT2D eigenvalue weighted by molar-refractivity contribution is -0.124. The molecule has 1 rings (SSSR count). The van der Waals surface area contributed by atoms with Crippen molar-refractivity contribution in [2.75, 3.05) is 0 Å². The topological polar surface area (TPSA) is 68.0 Å². The summed E-state index contributed by atoms with van der Waals surface area (Å²) in [5.41, 5.74) is 5.74. The molecule has 18 heavy (non-hydrogen) atoms. The number of hydrogen-bond donors (Lipinski definition) is 2. The van der Waals surface area contributed by atoms with Crippen LogP contribution >= 0.6 is 11.6 Å². The van der Waals surface area contributed by atoms with Gasteiger partial charge in [0.1, 0.15) is 5.15 Å². The summed E-state index contributed by atoms with van der Waals surface area (Å²) in [6, 6.07) is 3.60. The van der Waals surface area contributed by atoms with Gasteiger partial charge in [0.2, 0.25) is 5.91 Å². The lowest BCUT2D eigenvalue weighted by Crippen LogP contribution is -2.53. The van der Waals surface area contributed by atoms with Gasteiger partial charge in [0.15, 0.2) is 0 Å². The highest BCUT2D eigenvalue weighted by Crippen LogP contribution is 2.17. The third kappa shape index (κ3) is 4.27. The zero-order valence-electron chi connectivity index (χ0n) is 11.0. The van der Waals surface area contributed by atoms with Crippen LogP contribution in [0.3, 0.4) is 0 Å². The third-order valence-corrected chi connectivity index (χ3v) is 3.06. The van der Waals surface area contributed by atoms with E-state index in [4.69, 9.17) is 17.3 Å². The molecule has 1 unspecified atom stereocenters. The smallest absolute Gasteiger partial charge is 0.237 e. The van der Waals surface area contributed by atoms with E-state index in [1.165, 1.54) is 0 Å². The van der Waals surface area contributed by atoms with E-state index in [1.54, 1.807) is 12.3 Å². The molecule has 0 bridgehead atoms. The first-order valence-corrected chi connectivity index (χ1v) is 6.36. The van der Waals surface area contributed by atoms with Crippen LogP contribution in [0.2, 0.25) is 5.15 Å². The molecule has 0 aliphatic heterocycles. The van der Waals surface area contributed by atoms with Gasteiger partial charge in [0, 0.05) is 12.7 Å². The molecule has 3 N–H and O–H groups in total. The highest BCUT2D eigenvalue weighted by Gasteiger charge is 2.31. The Labute approximate surface area is 113 Å². The molecule has 1 aromatic rings. The SMILES string of the molecule is CC(C)CC(C)(NCc1ccc(Cl)nc1)C(N)=O. The maximum absolute atomic E-state index is 11.6. The average Bonchev–Trinajstić information content (AvgIpc) is 2.27. The minimum Gasteiger partial charge on any atom is -0.368 e. The molecule has 0 aliphatic carbocycles. The van der Waals surface area contributed by atoms with Crippen molar-refractivity contribution in [3.63, 3.8) is 0 Å². The Morgan fingerprint density at radius 3 is 2.67 bits per heavy atom. The zero-order chi connectivity index (χ0) is 13.8. The number of aromatic nitrogens is 1. The summed E-state index contributed by atoms with van der Waals surface area (Å²) in [6.45, 7) is 6.49. The van der Waals surface area contributed by atoms with Gasteiger partial charge in [-0.2, -0.15) is 0 Å². The van der Waals surface area contributed by atoms with E-state index >= 15 is 0 Å². The summed E-state index contributed by atoms with van der Waals surface area (Å²) in [5, 5.41) is 3.66. The van der Waals surface area contributed by atoms with Crippen LogP contribution in [0.4, 0.5) is 0 Å². The summed E-state index contributed by atoms with van der Waals surface area (Å²) < 4.78 is 0. The minimum atomic E-state index is -0.701. The van der Waals surface area contributed by atoms with Gasteiger partial charge in [0.05, 0.1) is 5.54 Å². The van der Waals surface area contributed by atoms with Gasteiger partial charge < -0.3 is 5.73 Å². The fourth-order valence-corrected chi connectivity index (χ4v) is 2.00. The van der Waals surface area contributed by atoms with E-state index in [0.29, 0.717) is 24.0 Å². The number of nitrogens with two attached hydrogens (primary N) is 1. The zero-order valence-corrected chi connectivity index (χ0v) is 11.8. The predicted molar refractivity (Wildman–Crippen MR) is 73.1 cm³/mol. The Morgan fingerprint density at radius 2 is 2.22 bits per heavy atom. The second-order valence-electron chi connectivity index (χ2n) is 5.14. The number of nitrogens with one attached hydrogen (secondary N) is 1. The molecule has 1 atom stereocenters. The first-order chi connectivity index (χ1) is 8.33. The number of carbonyl (C=O) groups excluding carboxylic acids is 1. The van der Waals surface area contributed by atoms with Crippen molar-refractivity contribution >= 4 is 17.5 Å². The summed E-state index contributed by atoms with van der Waals surface area (Å²) in [7, 11) is 0. The lowest BCUT2D eigenvalue weighted by Gasteiger charge is -2.29. The maximum atomic E-state index is 11.6. The maximum Gasteiger partial charge on any atom is 0.237 e. The number of carbonyl (C=O) groups is 1. The molecular weight excluding hydrogens is 250 g/mol. The van der Waals surface area contributed by atoms with E-state index in [2.05, 4.69) is 24.1 Å². The number of pyridine rings is 1. The van der Waals surface area contributed by atoms with Crippen molar-refractivity contribution in [2.45, 2.75) is 39.3 Å². The third-order valence-electron chi connectivity index (χ3n) is 2.83. The van der Waals surface area contributed by atoms with Crippen LogP contribution in [-0.4, -0.2) is 16.4 Å². The molecule has 0 aromatic carbocycles. The first-order valence-electron chi connectivity index (χ1n) is 5.99. The Morgan fingerprint density at radius 1 is 1.56 bits per heavy atom. The fourth-order valence-electron chi connectivity index (χ4n) is 1.88. The molecule has 1 heterocycles. The van der Waals surface area contributed by atoms with Crippen LogP contribution in [0.25, 0.3) is 0 Å². The van der Waals surface area contributed by atoms with Crippen molar-refractivity contribution in [3.05, 3.63) is 29.0 Å². The van der Waals surface area contributed by atoms with Gasteiger partial charge >= 0.3 is 0 Å². The number of amides is 1. The molecule has 0 saturated heterocycles. The summed E-state index contributed by atoms with van der Waals surface area (Å²) in [6.07, 6.45) is 2.38. The van der Waals surface area contributed by atoms with Crippen LogP contribution in [0.5, 0.6) is 0 Å². The van der Waals surface area contributed by atoms with E-state index in [9.17, 15) is 4.79 Å². The molecule has 0 aliphatic rings. The molecule has 100 valence electrons. The van der Waals surface area contributed by atoms with Crippen LogP contribution in [0.15, 0.2) is 18.3 Å². The largest absolute Gasteiger partial charge is 0.368 e. The summed E-state index contributed by atoms with van der Waals surface area (Å²) >= 11 is 5.72. The predicted octanol–water partition coefficient (Wildman–Crippen LogP) is 2.11. The number of nitrogens with zero attached hydrogens (tertiary/aromatic N) is 1. The molecule has 0 spiro atoms. The minimum absolute atomic E-state index is 0.335. The molecule has 1 amide bonds. The van der Waals surface area contributed by atoms with E-state index in [-0.39, 0.29) is 5.91 Å². The number of primary amides is 1. The van der Waals surface area contributed by atoms with E-state index < -0.39 is 5.54 Å². The quantitative estimate of drug-likeness (QED) is 0.778. The second-order valence-corrected chi connectivity index (χ2v) is 5.52. The number of halogens is 1. The highest BCUT2D eigenvalue weighted by atomic mass is 35.5. The van der Waals surface area contributed by atoms with Crippen molar-refractivity contribution < 1.29 is 4.79 Å². The summed E-state index contributed by atoms with van der Waals surface area (Å²) in [4.78, 5) is 15.5. The monoisotopic (exact) mass is 269 g/mol.